The van der Waals surface area contributed by atoms with Gasteiger partial charge in [0.05, 0.1) is 9.79 Å². The molecule has 34 heavy (non-hydrogen) atoms. The van der Waals surface area contributed by atoms with Crippen LogP contribution in [-0.2, 0) is 33.0 Å². The minimum Gasteiger partial charge on any atom is -0.322 e. The average molecular weight is 500 g/mol. The molecule has 1 heterocycles. The van der Waals surface area contributed by atoms with E-state index in [1.54, 1.807) is 6.07 Å². The summed E-state index contributed by atoms with van der Waals surface area (Å²) in [6.07, 6.45) is 0.627. The van der Waals surface area contributed by atoms with Gasteiger partial charge in [0.2, 0.25) is 20.0 Å². The first-order valence-electron chi connectivity index (χ1n) is 10.6. The van der Waals surface area contributed by atoms with Crippen LogP contribution in [-0.4, -0.2) is 52.0 Å². The lowest BCUT2D eigenvalue weighted by atomic mass is 10.0. The highest BCUT2D eigenvalue weighted by molar-refractivity contribution is 7.89. The van der Waals surface area contributed by atoms with Crippen molar-refractivity contribution in [2.45, 2.75) is 22.8 Å². The zero-order valence-corrected chi connectivity index (χ0v) is 20.4. The van der Waals surface area contributed by atoms with E-state index in [0.717, 1.165) is 15.4 Å². The molecule has 4 rings (SSSR count). The number of hydrogen-bond donors (Lipinski definition) is 1. The monoisotopic (exact) mass is 499 g/mol. The molecule has 0 aliphatic carbocycles. The van der Waals surface area contributed by atoms with E-state index >= 15 is 0 Å². The van der Waals surface area contributed by atoms with Crippen molar-refractivity contribution in [3.05, 3.63) is 89.5 Å². The van der Waals surface area contributed by atoms with Gasteiger partial charge in [0, 0.05) is 38.4 Å². The van der Waals surface area contributed by atoms with Crippen LogP contribution in [0.1, 0.15) is 21.5 Å². The van der Waals surface area contributed by atoms with Crippen molar-refractivity contribution in [2.75, 3.05) is 26.0 Å². The number of anilines is 1. The molecule has 0 atom stereocenters. The quantitative estimate of drug-likeness (QED) is 0.562. The predicted molar refractivity (Wildman–Crippen MR) is 129 cm³/mol. The number of nitrogens with zero attached hydrogens (tertiary/aromatic N) is 2. The third-order valence-electron chi connectivity index (χ3n) is 5.70. The number of rotatable bonds is 6. The van der Waals surface area contributed by atoms with Gasteiger partial charge in [0.15, 0.2) is 0 Å². The SMILES string of the molecule is CN(C)S(=O)(=O)c1cccc(NC(=O)c2cccc(S(=O)(=O)N3CCc4ccccc4C3)c2)c1. The summed E-state index contributed by atoms with van der Waals surface area (Å²) in [6.45, 7) is 0.644. The normalized spacial score (nSPS) is 14.6. The number of sulfonamides is 2. The molecule has 3 aromatic carbocycles. The average Bonchev–Trinajstić information content (AvgIpc) is 2.83. The maximum atomic E-state index is 13.3. The molecule has 1 amide bonds. The van der Waals surface area contributed by atoms with Gasteiger partial charge in [-0.2, -0.15) is 4.31 Å². The highest BCUT2D eigenvalue weighted by atomic mass is 32.2. The summed E-state index contributed by atoms with van der Waals surface area (Å²) in [4.78, 5) is 12.9. The fraction of sp³-hybridized carbons (Fsp3) is 0.208. The Labute approximate surface area is 199 Å². The molecule has 0 spiro atoms. The van der Waals surface area contributed by atoms with E-state index < -0.39 is 26.0 Å². The Balaban J connectivity index is 1.56. The Morgan fingerprint density at radius 3 is 2.26 bits per heavy atom. The van der Waals surface area contributed by atoms with Crippen LogP contribution in [0.5, 0.6) is 0 Å². The van der Waals surface area contributed by atoms with E-state index in [1.807, 2.05) is 24.3 Å². The molecule has 8 nitrogen and oxygen atoms in total. The van der Waals surface area contributed by atoms with Crippen molar-refractivity contribution in [3.8, 4) is 0 Å². The lowest BCUT2D eigenvalue weighted by molar-refractivity contribution is 0.102. The first-order valence-corrected chi connectivity index (χ1v) is 13.5. The fourth-order valence-electron chi connectivity index (χ4n) is 3.77. The molecule has 1 aliphatic heterocycles. The Bertz CT molecular complexity index is 1450. The second kappa shape index (κ2) is 9.30. The third-order valence-corrected chi connectivity index (χ3v) is 9.35. The van der Waals surface area contributed by atoms with Gasteiger partial charge in [-0.05, 0) is 53.9 Å². The fourth-order valence-corrected chi connectivity index (χ4v) is 6.18. The molecular weight excluding hydrogens is 474 g/mol. The minimum atomic E-state index is -3.80. The second-order valence-electron chi connectivity index (χ2n) is 8.15. The second-order valence-corrected chi connectivity index (χ2v) is 12.2. The number of amides is 1. The molecule has 0 saturated carbocycles. The molecule has 178 valence electrons. The van der Waals surface area contributed by atoms with Crippen molar-refractivity contribution in [3.63, 3.8) is 0 Å². The van der Waals surface area contributed by atoms with Crippen molar-refractivity contribution in [2.24, 2.45) is 0 Å². The summed E-state index contributed by atoms with van der Waals surface area (Å²) in [5, 5.41) is 2.65. The maximum absolute atomic E-state index is 13.3. The van der Waals surface area contributed by atoms with Gasteiger partial charge in [0.1, 0.15) is 0 Å². The number of benzene rings is 3. The van der Waals surface area contributed by atoms with Crippen LogP contribution in [0.25, 0.3) is 0 Å². The number of fused-ring (bicyclic) bond motifs is 1. The summed E-state index contributed by atoms with van der Waals surface area (Å²) in [5.41, 5.74) is 2.55. The summed E-state index contributed by atoms with van der Waals surface area (Å²) in [6, 6.07) is 19.5. The van der Waals surface area contributed by atoms with Crippen LogP contribution >= 0.6 is 0 Å². The molecule has 0 aromatic heterocycles. The van der Waals surface area contributed by atoms with Crippen LogP contribution in [0.4, 0.5) is 5.69 Å². The minimum absolute atomic E-state index is 0.0310. The smallest absolute Gasteiger partial charge is 0.255 e. The standard InChI is InChI=1S/C24H25N3O5S2/c1-26(2)33(29,30)23-12-6-10-21(16-23)25-24(28)19-9-5-11-22(15-19)34(31,32)27-14-13-18-7-3-4-8-20(18)17-27/h3-12,15-16H,13-14,17H2,1-2H3,(H,25,28). The first-order chi connectivity index (χ1) is 16.1. The lowest BCUT2D eigenvalue weighted by Gasteiger charge is -2.28. The van der Waals surface area contributed by atoms with Crippen LogP contribution < -0.4 is 5.32 Å². The summed E-state index contributed by atoms with van der Waals surface area (Å²) in [7, 11) is -4.61. The zero-order valence-electron chi connectivity index (χ0n) is 18.8. The summed E-state index contributed by atoms with van der Waals surface area (Å²) < 4.78 is 53.8. The van der Waals surface area contributed by atoms with E-state index in [2.05, 4.69) is 5.32 Å². The Kier molecular flexibility index (Phi) is 6.59. The van der Waals surface area contributed by atoms with Gasteiger partial charge in [-0.25, -0.2) is 21.1 Å². The van der Waals surface area contributed by atoms with Gasteiger partial charge < -0.3 is 5.32 Å². The van der Waals surface area contributed by atoms with E-state index in [4.69, 9.17) is 0 Å². The highest BCUT2D eigenvalue weighted by Gasteiger charge is 2.28. The van der Waals surface area contributed by atoms with Gasteiger partial charge in [-0.3, -0.25) is 4.79 Å². The molecule has 0 bridgehead atoms. The molecule has 0 saturated heterocycles. The van der Waals surface area contributed by atoms with E-state index in [9.17, 15) is 21.6 Å². The summed E-state index contributed by atoms with van der Waals surface area (Å²) in [5.74, 6) is -0.541. The number of nitrogens with one attached hydrogen (secondary N) is 1. The molecule has 0 unspecified atom stereocenters. The molecule has 1 aliphatic rings. The molecule has 0 radical (unpaired) electrons. The van der Waals surface area contributed by atoms with Crippen molar-refractivity contribution < 1.29 is 21.6 Å². The molecular formula is C24H25N3O5S2. The van der Waals surface area contributed by atoms with E-state index in [-0.39, 0.29) is 27.6 Å². The largest absolute Gasteiger partial charge is 0.322 e. The van der Waals surface area contributed by atoms with Crippen molar-refractivity contribution in [1.29, 1.82) is 0 Å². The zero-order chi connectivity index (χ0) is 24.5. The molecule has 1 N–H and O–H groups in total. The van der Waals surface area contributed by atoms with Crippen molar-refractivity contribution >= 4 is 31.6 Å². The van der Waals surface area contributed by atoms with Gasteiger partial charge in [0.25, 0.3) is 5.91 Å². The van der Waals surface area contributed by atoms with E-state index in [1.165, 1.54) is 60.9 Å². The number of hydrogen-bond acceptors (Lipinski definition) is 5. The third kappa shape index (κ3) is 4.76. The van der Waals surface area contributed by atoms with Gasteiger partial charge >= 0.3 is 0 Å². The van der Waals surface area contributed by atoms with Crippen LogP contribution in [0.2, 0.25) is 0 Å². The Morgan fingerprint density at radius 2 is 1.53 bits per heavy atom. The Morgan fingerprint density at radius 1 is 0.853 bits per heavy atom. The molecule has 0 fully saturated rings. The van der Waals surface area contributed by atoms with Crippen molar-refractivity contribution in [1.82, 2.24) is 8.61 Å². The lowest BCUT2D eigenvalue weighted by Crippen LogP contribution is -2.36. The topological polar surface area (TPSA) is 104 Å². The van der Waals surface area contributed by atoms with Gasteiger partial charge in [-0.15, -0.1) is 0 Å². The summed E-state index contributed by atoms with van der Waals surface area (Å²) >= 11 is 0. The van der Waals surface area contributed by atoms with Gasteiger partial charge in [-0.1, -0.05) is 36.4 Å². The van der Waals surface area contributed by atoms with E-state index in [0.29, 0.717) is 13.0 Å². The molecule has 3 aromatic rings. The number of carbonyl (C=O) groups excluding carboxylic acids is 1. The Hall–Kier alpha value is -3.05. The molecule has 10 heteroatoms. The van der Waals surface area contributed by atoms with Crippen LogP contribution in [0.15, 0.2) is 82.6 Å². The van der Waals surface area contributed by atoms with Crippen LogP contribution in [0.3, 0.4) is 0 Å². The predicted octanol–water partition coefficient (Wildman–Crippen LogP) is 2.94. The van der Waals surface area contributed by atoms with Crippen LogP contribution in [0, 0.1) is 0 Å². The first kappa shape index (κ1) is 24.1. The highest BCUT2D eigenvalue weighted by Crippen LogP contribution is 2.26. The maximum Gasteiger partial charge on any atom is 0.255 e. The number of carbonyl (C=O) groups is 1.